The lowest BCUT2D eigenvalue weighted by atomic mass is 10.00. The fourth-order valence-electron chi connectivity index (χ4n) is 3.00. The molecule has 1 saturated heterocycles. The molecule has 1 aromatic rings. The molecular formula is C18H26ClF3N4O2. The van der Waals surface area contributed by atoms with E-state index in [2.05, 4.69) is 9.97 Å². The summed E-state index contributed by atoms with van der Waals surface area (Å²) in [5.74, 6) is -0.283. The molecule has 6 nitrogen and oxygen atoms in total. The van der Waals surface area contributed by atoms with E-state index in [0.29, 0.717) is 19.6 Å². The SMILES string of the molecule is CC(C)C1CN(C(=O)OC(C)(C)C)CCN1c1ncc(CCl)c(C(F)(F)F)n1. The standard InChI is InChI=1S/C18H26ClF3N4O2/c1-11(2)13-10-25(16(27)28-17(3,4)5)6-7-26(13)15-23-9-12(8-19)14(24-15)18(20,21)22/h9,11,13H,6-8,10H2,1-5H3. The minimum Gasteiger partial charge on any atom is -0.444 e. The minimum absolute atomic E-state index is 0.0104. The van der Waals surface area contributed by atoms with Crippen molar-refractivity contribution >= 4 is 23.6 Å². The first-order chi connectivity index (χ1) is 12.8. The van der Waals surface area contributed by atoms with Gasteiger partial charge in [-0.25, -0.2) is 14.8 Å². The average Bonchev–Trinajstić information content (AvgIpc) is 2.58. The van der Waals surface area contributed by atoms with Gasteiger partial charge in [-0.05, 0) is 26.7 Å². The maximum atomic E-state index is 13.3. The second-order valence-corrected chi connectivity index (χ2v) is 8.37. The Bertz CT molecular complexity index is 707. The van der Waals surface area contributed by atoms with Gasteiger partial charge in [-0.1, -0.05) is 13.8 Å². The Morgan fingerprint density at radius 2 is 1.96 bits per heavy atom. The highest BCUT2D eigenvalue weighted by atomic mass is 35.5. The molecule has 10 heteroatoms. The monoisotopic (exact) mass is 422 g/mol. The Hall–Kier alpha value is -1.77. The van der Waals surface area contributed by atoms with Crippen LogP contribution in [0.5, 0.6) is 0 Å². The summed E-state index contributed by atoms with van der Waals surface area (Å²) in [7, 11) is 0. The van der Waals surface area contributed by atoms with Crippen molar-refractivity contribution < 1.29 is 22.7 Å². The van der Waals surface area contributed by atoms with Crippen LogP contribution < -0.4 is 4.90 Å². The highest BCUT2D eigenvalue weighted by Gasteiger charge is 2.39. The Labute approximate surface area is 168 Å². The number of ether oxygens (including phenoxy) is 1. The molecule has 1 aliphatic heterocycles. The number of anilines is 1. The number of hydrogen-bond donors (Lipinski definition) is 0. The van der Waals surface area contributed by atoms with E-state index in [-0.39, 0.29) is 29.4 Å². The number of carbonyl (C=O) groups is 1. The van der Waals surface area contributed by atoms with E-state index in [1.807, 2.05) is 13.8 Å². The van der Waals surface area contributed by atoms with Crippen LogP contribution in [-0.2, 0) is 16.8 Å². The van der Waals surface area contributed by atoms with Crippen LogP contribution in [0.2, 0.25) is 0 Å². The molecule has 1 fully saturated rings. The smallest absolute Gasteiger partial charge is 0.433 e. The zero-order valence-corrected chi connectivity index (χ0v) is 17.4. The molecule has 0 aliphatic carbocycles. The van der Waals surface area contributed by atoms with Gasteiger partial charge >= 0.3 is 12.3 Å². The van der Waals surface area contributed by atoms with E-state index in [0.717, 1.165) is 6.20 Å². The minimum atomic E-state index is -4.62. The van der Waals surface area contributed by atoms with Crippen molar-refractivity contribution in [1.29, 1.82) is 0 Å². The van der Waals surface area contributed by atoms with Crippen molar-refractivity contribution in [3.05, 3.63) is 17.5 Å². The molecule has 0 radical (unpaired) electrons. The van der Waals surface area contributed by atoms with E-state index in [1.165, 1.54) is 0 Å². The Morgan fingerprint density at radius 3 is 2.46 bits per heavy atom. The molecule has 2 rings (SSSR count). The molecule has 1 aliphatic rings. The Kier molecular flexibility index (Phi) is 6.68. The summed E-state index contributed by atoms with van der Waals surface area (Å²) in [4.78, 5) is 23.6. The van der Waals surface area contributed by atoms with Crippen LogP contribution in [0.15, 0.2) is 6.20 Å². The number of alkyl halides is 4. The van der Waals surface area contributed by atoms with E-state index in [9.17, 15) is 18.0 Å². The van der Waals surface area contributed by atoms with Crippen LogP contribution in [0.3, 0.4) is 0 Å². The molecule has 0 bridgehead atoms. The van der Waals surface area contributed by atoms with E-state index < -0.39 is 23.6 Å². The van der Waals surface area contributed by atoms with Crippen molar-refractivity contribution in [1.82, 2.24) is 14.9 Å². The van der Waals surface area contributed by atoms with Crippen LogP contribution in [0, 0.1) is 5.92 Å². The number of nitrogens with zero attached hydrogens (tertiary/aromatic N) is 4. The number of amides is 1. The van der Waals surface area contributed by atoms with Gasteiger partial charge in [-0.3, -0.25) is 0 Å². The van der Waals surface area contributed by atoms with E-state index in [4.69, 9.17) is 16.3 Å². The highest BCUT2D eigenvalue weighted by Crippen LogP contribution is 2.33. The predicted molar refractivity (Wildman–Crippen MR) is 100 cm³/mol. The molecule has 1 amide bonds. The molecule has 0 N–H and O–H groups in total. The van der Waals surface area contributed by atoms with Crippen LogP contribution in [0.25, 0.3) is 0 Å². The van der Waals surface area contributed by atoms with Gasteiger partial charge in [0.2, 0.25) is 5.95 Å². The van der Waals surface area contributed by atoms with Crippen molar-refractivity contribution in [3.8, 4) is 0 Å². The molecular weight excluding hydrogens is 397 g/mol. The Balaban J connectivity index is 2.28. The van der Waals surface area contributed by atoms with Gasteiger partial charge in [0, 0.05) is 31.4 Å². The predicted octanol–water partition coefficient (Wildman–Crippen LogP) is 4.32. The highest BCUT2D eigenvalue weighted by molar-refractivity contribution is 6.17. The zero-order chi connectivity index (χ0) is 21.3. The normalized spacial score (nSPS) is 18.6. The molecule has 158 valence electrons. The number of rotatable bonds is 3. The molecule has 0 saturated carbocycles. The fourth-order valence-corrected chi connectivity index (χ4v) is 3.20. The fraction of sp³-hybridized carbons (Fsp3) is 0.722. The molecule has 1 aromatic heterocycles. The number of carbonyl (C=O) groups excluding carboxylic acids is 1. The maximum Gasteiger partial charge on any atom is 0.433 e. The summed E-state index contributed by atoms with van der Waals surface area (Å²) >= 11 is 5.61. The lowest BCUT2D eigenvalue weighted by molar-refractivity contribution is -0.141. The van der Waals surface area contributed by atoms with E-state index >= 15 is 0 Å². The number of aromatic nitrogens is 2. The van der Waals surface area contributed by atoms with Gasteiger partial charge in [-0.2, -0.15) is 13.2 Å². The molecule has 1 atom stereocenters. The van der Waals surface area contributed by atoms with Crippen LogP contribution >= 0.6 is 11.6 Å². The molecule has 1 unspecified atom stereocenters. The Morgan fingerprint density at radius 1 is 1.32 bits per heavy atom. The third kappa shape index (κ3) is 5.40. The second-order valence-electron chi connectivity index (χ2n) is 8.11. The lowest BCUT2D eigenvalue weighted by Crippen LogP contribution is -2.58. The lowest BCUT2D eigenvalue weighted by Gasteiger charge is -2.43. The molecule has 0 spiro atoms. The first-order valence-electron chi connectivity index (χ1n) is 9.07. The third-order valence-electron chi connectivity index (χ3n) is 4.36. The summed E-state index contributed by atoms with van der Waals surface area (Å²) in [6, 6.07) is -0.246. The van der Waals surface area contributed by atoms with Gasteiger partial charge in [-0.15, -0.1) is 11.6 Å². The van der Waals surface area contributed by atoms with Gasteiger partial charge in [0.25, 0.3) is 0 Å². The molecule has 0 aromatic carbocycles. The van der Waals surface area contributed by atoms with Crippen LogP contribution in [0.1, 0.15) is 45.9 Å². The average molecular weight is 423 g/mol. The number of hydrogen-bond acceptors (Lipinski definition) is 5. The first-order valence-corrected chi connectivity index (χ1v) is 9.60. The quantitative estimate of drug-likeness (QED) is 0.679. The molecule has 2 heterocycles. The third-order valence-corrected chi connectivity index (χ3v) is 4.65. The van der Waals surface area contributed by atoms with Gasteiger partial charge in [0.15, 0.2) is 5.69 Å². The summed E-state index contributed by atoms with van der Waals surface area (Å²) in [5, 5.41) is 0. The largest absolute Gasteiger partial charge is 0.444 e. The van der Waals surface area contributed by atoms with Crippen molar-refractivity contribution in [2.45, 2.75) is 58.3 Å². The summed E-state index contributed by atoms with van der Waals surface area (Å²) < 4.78 is 45.4. The van der Waals surface area contributed by atoms with Crippen molar-refractivity contribution in [3.63, 3.8) is 0 Å². The second kappa shape index (κ2) is 8.31. The summed E-state index contributed by atoms with van der Waals surface area (Å²) in [6.45, 7) is 10.2. The van der Waals surface area contributed by atoms with Gasteiger partial charge in [0.05, 0.1) is 11.9 Å². The number of halogens is 4. The maximum absolute atomic E-state index is 13.3. The van der Waals surface area contributed by atoms with Crippen LogP contribution in [-0.4, -0.2) is 52.2 Å². The summed E-state index contributed by atoms with van der Waals surface area (Å²) in [5.41, 5.74) is -1.81. The first kappa shape index (κ1) is 22.5. The van der Waals surface area contributed by atoms with Crippen molar-refractivity contribution in [2.75, 3.05) is 24.5 Å². The van der Waals surface area contributed by atoms with Gasteiger partial charge < -0.3 is 14.5 Å². The van der Waals surface area contributed by atoms with Crippen LogP contribution in [0.4, 0.5) is 23.9 Å². The number of piperazine rings is 1. The summed E-state index contributed by atoms with van der Waals surface area (Å²) in [6.07, 6.45) is -3.93. The van der Waals surface area contributed by atoms with Gasteiger partial charge in [0.1, 0.15) is 5.60 Å². The van der Waals surface area contributed by atoms with Crippen molar-refractivity contribution in [2.24, 2.45) is 5.92 Å². The van der Waals surface area contributed by atoms with E-state index in [1.54, 1.807) is 30.6 Å². The topological polar surface area (TPSA) is 58.6 Å². The molecule has 28 heavy (non-hydrogen) atoms. The zero-order valence-electron chi connectivity index (χ0n) is 16.7.